The molecule has 2 aromatic rings. The van der Waals surface area contributed by atoms with E-state index in [9.17, 15) is 10.2 Å². The van der Waals surface area contributed by atoms with Crippen LogP contribution in [0.15, 0.2) is 34.3 Å². The van der Waals surface area contributed by atoms with E-state index in [1.807, 2.05) is 24.6 Å². The van der Waals surface area contributed by atoms with Crippen LogP contribution in [-0.4, -0.2) is 34.7 Å². The molecule has 0 heterocycles. The molecule has 2 N–H and O–H groups in total. The summed E-state index contributed by atoms with van der Waals surface area (Å²) in [6.07, 6.45) is 14.0. The molecule has 1 radical (unpaired) electrons. The SMILES string of the molecule is CCC(CC)(CC)c1cc(C)cc(C=NC2CCCCC2N=Cc2cc(C)cc(C(CC)(CC)CC)c2O)c1O.[CH3-].[Co]. The molecule has 0 saturated heterocycles. The summed E-state index contributed by atoms with van der Waals surface area (Å²) >= 11 is 0. The van der Waals surface area contributed by atoms with Gasteiger partial charge in [0, 0.05) is 51.5 Å². The predicted octanol–water partition coefficient (Wildman–Crippen LogP) is 9.95. The number of benzene rings is 2. The molecule has 1 aliphatic carbocycles. The molecule has 1 saturated carbocycles. The van der Waals surface area contributed by atoms with Gasteiger partial charge in [-0.25, -0.2) is 0 Å². The Bertz CT molecular complexity index is 1080. The van der Waals surface area contributed by atoms with Gasteiger partial charge in [0.1, 0.15) is 11.5 Å². The van der Waals surface area contributed by atoms with Gasteiger partial charge in [-0.3, -0.25) is 9.98 Å². The van der Waals surface area contributed by atoms with Crippen LogP contribution in [0.4, 0.5) is 0 Å². The molecule has 42 heavy (non-hydrogen) atoms. The van der Waals surface area contributed by atoms with Gasteiger partial charge in [-0.05, 0) is 99.3 Å². The number of aliphatic imine (C=N–C) groups is 2. The monoisotopic (exact) mass is 620 g/mol. The van der Waals surface area contributed by atoms with Crippen LogP contribution in [0.2, 0.25) is 0 Å². The Kier molecular flexibility index (Phi) is 15.0. The Labute approximate surface area is 267 Å². The van der Waals surface area contributed by atoms with E-state index in [2.05, 4.69) is 67.5 Å². The summed E-state index contributed by atoms with van der Waals surface area (Å²) in [7, 11) is 0. The van der Waals surface area contributed by atoms with Crippen LogP contribution < -0.4 is 0 Å². The fourth-order valence-electron chi connectivity index (χ4n) is 7.05. The second-order valence-electron chi connectivity index (χ2n) is 12.2. The summed E-state index contributed by atoms with van der Waals surface area (Å²) < 4.78 is 0. The third kappa shape index (κ3) is 7.88. The minimum Gasteiger partial charge on any atom is -0.507 e. The normalized spacial score (nSPS) is 17.8. The smallest absolute Gasteiger partial charge is 0.128 e. The zero-order chi connectivity index (χ0) is 29.5. The summed E-state index contributed by atoms with van der Waals surface area (Å²) in [4.78, 5) is 10.1. The van der Waals surface area contributed by atoms with E-state index in [1.54, 1.807) is 0 Å². The minimum atomic E-state index is -0.0179. The van der Waals surface area contributed by atoms with Gasteiger partial charge in [-0.1, -0.05) is 66.5 Å². The number of phenolic OH excluding ortho intramolecular Hbond substituents is 2. The van der Waals surface area contributed by atoms with E-state index >= 15 is 0 Å². The third-order valence-electron chi connectivity index (χ3n) is 10.3. The van der Waals surface area contributed by atoms with Crippen LogP contribution in [0, 0.1) is 21.3 Å². The van der Waals surface area contributed by atoms with Crippen molar-refractivity contribution in [2.45, 2.75) is 143 Å². The summed E-state index contributed by atoms with van der Waals surface area (Å²) in [5, 5.41) is 22.7. The quantitative estimate of drug-likeness (QED) is 0.183. The fraction of sp³-hybridized carbons (Fsp3) is 0.595. The van der Waals surface area contributed by atoms with Crippen molar-refractivity contribution in [3.8, 4) is 11.5 Å². The molecule has 0 aromatic heterocycles. The number of hydrogen-bond acceptors (Lipinski definition) is 4. The van der Waals surface area contributed by atoms with E-state index in [4.69, 9.17) is 9.98 Å². The molecule has 5 heteroatoms. The number of hydrogen-bond donors (Lipinski definition) is 2. The summed E-state index contributed by atoms with van der Waals surface area (Å²) in [5.74, 6) is 0.749. The molecule has 2 unspecified atom stereocenters. The molecule has 2 aromatic carbocycles. The molecule has 1 aliphatic rings. The van der Waals surface area contributed by atoms with Crippen molar-refractivity contribution in [2.75, 3.05) is 0 Å². The van der Waals surface area contributed by atoms with Gasteiger partial charge < -0.3 is 17.6 Å². The molecular formula is C37H57CoN2O2-. The Balaban J connectivity index is 0.00000441. The molecule has 0 aliphatic heterocycles. The number of aromatic hydroxyl groups is 2. The fourth-order valence-corrected chi connectivity index (χ4v) is 7.05. The standard InChI is InChI=1S/C36H54N2O2.CH3.Co/c1-9-35(10-2,11-3)29-21-25(7)19-27(33(29)39)23-37-31-17-15-16-18-32(31)38-24-28-20-26(8)22-30(34(28)40)36(12-4,13-5)14-6;;/h19-24,31-32,39-40H,9-18H2,1-8H3;1H3;/q;-1;. The molecule has 0 bridgehead atoms. The molecule has 237 valence electrons. The van der Waals surface area contributed by atoms with Crippen LogP contribution >= 0.6 is 0 Å². The number of nitrogens with zero attached hydrogens (tertiary/aromatic N) is 2. The van der Waals surface area contributed by atoms with Crippen LogP contribution in [0.1, 0.15) is 139 Å². The van der Waals surface area contributed by atoms with E-state index in [1.165, 1.54) is 0 Å². The van der Waals surface area contributed by atoms with Crippen molar-refractivity contribution < 1.29 is 27.0 Å². The second kappa shape index (κ2) is 16.7. The van der Waals surface area contributed by atoms with Gasteiger partial charge in [0.25, 0.3) is 0 Å². The number of aryl methyl sites for hydroxylation is 2. The second-order valence-corrected chi connectivity index (χ2v) is 12.2. The summed E-state index contributed by atoms with van der Waals surface area (Å²) in [6.45, 7) is 17.5. The van der Waals surface area contributed by atoms with Crippen molar-refractivity contribution in [1.29, 1.82) is 0 Å². The zero-order valence-corrected chi connectivity index (χ0v) is 28.9. The zero-order valence-electron chi connectivity index (χ0n) is 27.8. The van der Waals surface area contributed by atoms with Crippen molar-refractivity contribution >= 4 is 12.4 Å². The topological polar surface area (TPSA) is 65.2 Å². The van der Waals surface area contributed by atoms with Crippen LogP contribution in [0.5, 0.6) is 11.5 Å². The van der Waals surface area contributed by atoms with E-state index in [0.717, 1.165) is 97.6 Å². The number of phenols is 2. The molecule has 0 spiro atoms. The third-order valence-corrected chi connectivity index (χ3v) is 10.3. The van der Waals surface area contributed by atoms with Gasteiger partial charge in [0.05, 0.1) is 12.1 Å². The minimum absolute atomic E-state index is 0. The predicted molar refractivity (Wildman–Crippen MR) is 178 cm³/mol. The molecule has 2 atom stereocenters. The van der Waals surface area contributed by atoms with Crippen molar-refractivity contribution in [3.63, 3.8) is 0 Å². The molecular weight excluding hydrogens is 563 g/mol. The molecule has 3 rings (SSSR count). The van der Waals surface area contributed by atoms with E-state index < -0.39 is 0 Å². The maximum atomic E-state index is 11.4. The van der Waals surface area contributed by atoms with Crippen LogP contribution in [0.3, 0.4) is 0 Å². The Hall–Kier alpha value is -2.11. The Morgan fingerprint density at radius 3 is 1.24 bits per heavy atom. The van der Waals surface area contributed by atoms with Crippen LogP contribution in [0.25, 0.3) is 0 Å². The number of rotatable bonds is 12. The van der Waals surface area contributed by atoms with Crippen LogP contribution in [-0.2, 0) is 27.6 Å². The van der Waals surface area contributed by atoms with Crippen molar-refractivity contribution in [3.05, 3.63) is 65.1 Å². The average molecular weight is 621 g/mol. The van der Waals surface area contributed by atoms with Gasteiger partial charge >= 0.3 is 0 Å². The first-order valence-corrected chi connectivity index (χ1v) is 15.9. The summed E-state index contributed by atoms with van der Waals surface area (Å²) in [5.41, 5.74) is 5.98. The summed E-state index contributed by atoms with van der Waals surface area (Å²) in [6, 6.07) is 8.53. The van der Waals surface area contributed by atoms with Gasteiger partial charge in [-0.2, -0.15) is 0 Å². The first-order valence-electron chi connectivity index (χ1n) is 15.9. The van der Waals surface area contributed by atoms with Crippen molar-refractivity contribution in [1.82, 2.24) is 0 Å². The first-order chi connectivity index (χ1) is 19.1. The van der Waals surface area contributed by atoms with E-state index in [0.29, 0.717) is 11.5 Å². The van der Waals surface area contributed by atoms with Gasteiger partial charge in [-0.15, -0.1) is 0 Å². The first kappa shape index (κ1) is 37.9. The molecule has 1 fully saturated rings. The van der Waals surface area contributed by atoms with E-state index in [-0.39, 0.29) is 47.1 Å². The Morgan fingerprint density at radius 1 is 0.643 bits per heavy atom. The average Bonchev–Trinajstić information content (AvgIpc) is 2.97. The maximum absolute atomic E-state index is 11.4. The molecule has 0 amide bonds. The van der Waals surface area contributed by atoms with Gasteiger partial charge in [0.2, 0.25) is 0 Å². The maximum Gasteiger partial charge on any atom is 0.128 e. The van der Waals surface area contributed by atoms with Crippen molar-refractivity contribution in [2.24, 2.45) is 9.98 Å². The van der Waals surface area contributed by atoms with Gasteiger partial charge in [0.15, 0.2) is 0 Å². The molecule has 4 nitrogen and oxygen atoms in total. The largest absolute Gasteiger partial charge is 0.507 e. The Morgan fingerprint density at radius 2 is 0.952 bits per heavy atom.